The van der Waals surface area contributed by atoms with Crippen LogP contribution in [0.3, 0.4) is 0 Å². The zero-order valence-corrected chi connectivity index (χ0v) is 13.2. The van der Waals surface area contributed by atoms with Gasteiger partial charge in [0.15, 0.2) is 11.6 Å². The van der Waals surface area contributed by atoms with Crippen LogP contribution in [0.5, 0.6) is 11.5 Å². The van der Waals surface area contributed by atoms with Crippen molar-refractivity contribution in [3.63, 3.8) is 0 Å². The van der Waals surface area contributed by atoms with E-state index in [1.165, 1.54) is 24.3 Å². The number of nitrogens with one attached hydrogen (secondary N) is 1. The normalized spacial score (nSPS) is 10.3. The maximum Gasteiger partial charge on any atom is 0.182 e. The van der Waals surface area contributed by atoms with Crippen molar-refractivity contribution in [1.82, 2.24) is 4.31 Å². The molecule has 0 bridgehead atoms. The molecule has 114 valence electrons. The van der Waals surface area contributed by atoms with Gasteiger partial charge in [-0.3, -0.25) is 0 Å². The van der Waals surface area contributed by atoms with Crippen LogP contribution in [0.2, 0.25) is 0 Å². The molecule has 1 N–H and O–H groups in total. The van der Waals surface area contributed by atoms with Crippen LogP contribution < -0.4 is 9.46 Å². The summed E-state index contributed by atoms with van der Waals surface area (Å²) < 4.78 is 24.6. The first-order valence-corrected chi connectivity index (χ1v) is 7.52. The van der Waals surface area contributed by atoms with Gasteiger partial charge in [0.2, 0.25) is 0 Å². The molecule has 0 spiro atoms. The fourth-order valence-electron chi connectivity index (χ4n) is 1.65. The lowest BCUT2D eigenvalue weighted by Gasteiger charge is -2.16. The summed E-state index contributed by atoms with van der Waals surface area (Å²) in [5, 5.41) is 9.36. The maximum absolute atomic E-state index is 14.0. The molecule has 0 aromatic heterocycles. The molecule has 0 fully saturated rings. The number of para-hydroxylation sites is 1. The molecule has 22 heavy (non-hydrogen) atoms. The number of hydrogen-bond donors (Lipinski definition) is 1. The summed E-state index contributed by atoms with van der Waals surface area (Å²) in [5.41, 5.74) is 0.654. The summed E-state index contributed by atoms with van der Waals surface area (Å²) in [6.45, 7) is 2.84. The SMILES string of the molecule is CCN(C)SNc1ccc(F)c(Oc2ccccc2)c1C#N. The quantitative estimate of drug-likeness (QED) is 0.799. The van der Waals surface area contributed by atoms with E-state index in [0.29, 0.717) is 11.4 Å². The van der Waals surface area contributed by atoms with Gasteiger partial charge in [0.1, 0.15) is 17.4 Å². The van der Waals surface area contributed by atoms with Crippen molar-refractivity contribution in [1.29, 1.82) is 5.26 Å². The number of nitrogens with zero attached hydrogens (tertiary/aromatic N) is 2. The maximum atomic E-state index is 14.0. The fraction of sp³-hybridized carbons (Fsp3) is 0.188. The van der Waals surface area contributed by atoms with Crippen LogP contribution in [0.4, 0.5) is 10.1 Å². The van der Waals surface area contributed by atoms with Crippen LogP contribution in [-0.4, -0.2) is 17.9 Å². The van der Waals surface area contributed by atoms with Crippen LogP contribution in [-0.2, 0) is 0 Å². The predicted octanol–water partition coefficient (Wildman–Crippen LogP) is 4.42. The third kappa shape index (κ3) is 3.91. The van der Waals surface area contributed by atoms with Gasteiger partial charge in [-0.15, -0.1) is 0 Å². The largest absolute Gasteiger partial charge is 0.453 e. The number of hydrogen-bond acceptors (Lipinski definition) is 5. The average molecular weight is 317 g/mol. The van der Waals surface area contributed by atoms with Crippen LogP contribution in [0.25, 0.3) is 0 Å². The van der Waals surface area contributed by atoms with Gasteiger partial charge < -0.3 is 9.46 Å². The minimum Gasteiger partial charge on any atom is -0.453 e. The summed E-state index contributed by atoms with van der Waals surface area (Å²) in [5.74, 6) is -0.161. The Labute approximate surface area is 133 Å². The molecule has 2 rings (SSSR count). The lowest BCUT2D eigenvalue weighted by molar-refractivity contribution is 0.441. The molecule has 0 radical (unpaired) electrons. The lowest BCUT2D eigenvalue weighted by atomic mass is 10.1. The van der Waals surface area contributed by atoms with E-state index in [1.807, 2.05) is 30.4 Å². The lowest BCUT2D eigenvalue weighted by Crippen LogP contribution is -2.11. The predicted molar refractivity (Wildman–Crippen MR) is 87.1 cm³/mol. The Bertz CT molecular complexity index is 673. The Balaban J connectivity index is 2.30. The molecule has 0 amide bonds. The second-order valence-electron chi connectivity index (χ2n) is 4.46. The molecular weight excluding hydrogens is 301 g/mol. The highest BCUT2D eigenvalue weighted by Crippen LogP contribution is 2.34. The monoisotopic (exact) mass is 317 g/mol. The molecule has 0 saturated carbocycles. The van der Waals surface area contributed by atoms with Crippen molar-refractivity contribution < 1.29 is 9.13 Å². The van der Waals surface area contributed by atoms with Crippen LogP contribution in [0, 0.1) is 17.1 Å². The number of anilines is 1. The average Bonchev–Trinajstić information content (AvgIpc) is 2.55. The molecule has 2 aromatic rings. The zero-order chi connectivity index (χ0) is 15.9. The van der Waals surface area contributed by atoms with Gasteiger partial charge in [-0.2, -0.15) is 5.26 Å². The Morgan fingerprint density at radius 2 is 2.00 bits per heavy atom. The molecule has 0 unspecified atom stereocenters. The van der Waals surface area contributed by atoms with Crippen molar-refractivity contribution in [2.24, 2.45) is 0 Å². The standard InChI is InChI=1S/C16H16FN3OS/c1-3-20(2)22-19-15-10-9-14(17)16(13(15)11-18)21-12-7-5-4-6-8-12/h4-10,19H,3H2,1-2H3. The second kappa shape index (κ2) is 7.69. The van der Waals surface area contributed by atoms with E-state index in [4.69, 9.17) is 4.74 Å². The van der Waals surface area contributed by atoms with Crippen molar-refractivity contribution in [2.45, 2.75) is 6.92 Å². The first-order valence-electron chi connectivity index (χ1n) is 6.75. The number of rotatable bonds is 6. The molecule has 4 nitrogen and oxygen atoms in total. The number of nitriles is 1. The Morgan fingerprint density at radius 1 is 1.27 bits per heavy atom. The van der Waals surface area contributed by atoms with E-state index in [1.54, 1.807) is 24.3 Å². The van der Waals surface area contributed by atoms with Gasteiger partial charge in [0.25, 0.3) is 0 Å². The summed E-state index contributed by atoms with van der Waals surface area (Å²) in [6.07, 6.45) is 0. The highest BCUT2D eigenvalue weighted by atomic mass is 32.2. The molecule has 0 heterocycles. The summed E-state index contributed by atoms with van der Waals surface area (Å²) in [7, 11) is 1.91. The van der Waals surface area contributed by atoms with Gasteiger partial charge in [-0.05, 0) is 31.3 Å². The molecule has 0 aliphatic rings. The van der Waals surface area contributed by atoms with Crippen LogP contribution >= 0.6 is 12.1 Å². The molecule has 0 atom stereocenters. The summed E-state index contributed by atoms with van der Waals surface area (Å²) >= 11 is 1.33. The molecule has 0 aliphatic carbocycles. The van der Waals surface area contributed by atoms with Crippen molar-refractivity contribution in [3.05, 3.63) is 53.8 Å². The number of halogens is 1. The number of ether oxygens (including phenoxy) is 1. The van der Waals surface area contributed by atoms with Crippen LogP contribution in [0.15, 0.2) is 42.5 Å². The van der Waals surface area contributed by atoms with E-state index in [9.17, 15) is 9.65 Å². The highest BCUT2D eigenvalue weighted by molar-refractivity contribution is 7.98. The summed E-state index contributed by atoms with van der Waals surface area (Å²) in [6, 6.07) is 13.6. The van der Waals surface area contributed by atoms with Gasteiger partial charge >= 0.3 is 0 Å². The third-order valence-electron chi connectivity index (χ3n) is 2.94. The van der Waals surface area contributed by atoms with Gasteiger partial charge in [-0.25, -0.2) is 8.70 Å². The Hall–Kier alpha value is -2.23. The summed E-state index contributed by atoms with van der Waals surface area (Å²) in [4.78, 5) is 0. The Morgan fingerprint density at radius 3 is 2.64 bits per heavy atom. The third-order valence-corrected chi connectivity index (χ3v) is 3.82. The molecule has 2 aromatic carbocycles. The highest BCUT2D eigenvalue weighted by Gasteiger charge is 2.16. The van der Waals surface area contributed by atoms with E-state index in [-0.39, 0.29) is 11.3 Å². The van der Waals surface area contributed by atoms with Crippen LogP contribution in [0.1, 0.15) is 12.5 Å². The minimum absolute atomic E-state index is 0.0709. The second-order valence-corrected chi connectivity index (χ2v) is 5.47. The fourth-order valence-corrected chi connectivity index (χ4v) is 2.20. The molecule has 0 aliphatic heterocycles. The van der Waals surface area contributed by atoms with E-state index in [2.05, 4.69) is 4.72 Å². The van der Waals surface area contributed by atoms with Gasteiger partial charge in [-0.1, -0.05) is 25.1 Å². The number of benzene rings is 2. The van der Waals surface area contributed by atoms with Crippen molar-refractivity contribution in [3.8, 4) is 17.6 Å². The Kier molecular flexibility index (Phi) is 5.64. The minimum atomic E-state index is -0.570. The first-order chi connectivity index (χ1) is 10.7. The van der Waals surface area contributed by atoms with Crippen molar-refractivity contribution >= 4 is 17.8 Å². The van der Waals surface area contributed by atoms with Gasteiger partial charge in [0, 0.05) is 18.7 Å². The molecule has 0 saturated heterocycles. The van der Waals surface area contributed by atoms with Gasteiger partial charge in [0.05, 0.1) is 5.69 Å². The molecule has 6 heteroatoms. The van der Waals surface area contributed by atoms with E-state index < -0.39 is 5.82 Å². The van der Waals surface area contributed by atoms with E-state index >= 15 is 0 Å². The topological polar surface area (TPSA) is 48.3 Å². The zero-order valence-electron chi connectivity index (χ0n) is 12.3. The first kappa shape index (κ1) is 16.1. The molecular formula is C16H16FN3OS. The van der Waals surface area contributed by atoms with E-state index in [0.717, 1.165) is 6.54 Å². The smallest absolute Gasteiger partial charge is 0.182 e. The van der Waals surface area contributed by atoms with Crippen molar-refractivity contribution in [2.75, 3.05) is 18.3 Å².